The average Bonchev–Trinajstić information content (AvgIpc) is 2.68. The summed E-state index contributed by atoms with van der Waals surface area (Å²) in [5.74, 6) is -0.367. The number of hydrogen-bond acceptors (Lipinski definition) is 3. The Balaban J connectivity index is 2.24. The Morgan fingerprint density at radius 2 is 2.00 bits per heavy atom. The Bertz CT molecular complexity index is 623. The van der Waals surface area contributed by atoms with E-state index in [9.17, 15) is 9.59 Å². The van der Waals surface area contributed by atoms with Crippen LogP contribution in [-0.4, -0.2) is 11.1 Å². The zero-order valence-corrected chi connectivity index (χ0v) is 12.2. The van der Waals surface area contributed by atoms with Crippen LogP contribution in [0.2, 0.25) is 10.0 Å². The minimum atomic E-state index is -0.367. The number of carbonyl (C=O) groups is 2. The molecule has 1 aromatic carbocycles. The maximum Gasteiger partial charge on any atom is 0.290 e. The summed E-state index contributed by atoms with van der Waals surface area (Å²) in [6.45, 7) is 1.88. The van der Waals surface area contributed by atoms with Crippen molar-refractivity contribution in [3.8, 4) is 0 Å². The van der Waals surface area contributed by atoms with Crippen LogP contribution in [0.25, 0.3) is 5.57 Å². The number of carbonyl (C=O) groups excluding carboxylic acids is 2. The molecule has 19 heavy (non-hydrogen) atoms. The van der Waals surface area contributed by atoms with Crippen molar-refractivity contribution in [3.05, 3.63) is 50.9 Å². The molecule has 2 rings (SSSR count). The van der Waals surface area contributed by atoms with E-state index in [2.05, 4.69) is 5.32 Å². The van der Waals surface area contributed by atoms with Gasteiger partial charge in [-0.05, 0) is 48.0 Å². The molecule has 0 atom stereocenters. The highest BCUT2D eigenvalue weighted by Crippen LogP contribution is 2.27. The fraction of sp³-hybridized carbons (Fsp3) is 0.0769. The van der Waals surface area contributed by atoms with Crippen molar-refractivity contribution in [1.29, 1.82) is 0 Å². The molecule has 1 aliphatic rings. The molecule has 2 amide bonds. The van der Waals surface area contributed by atoms with Gasteiger partial charge in [-0.15, -0.1) is 0 Å². The molecule has 1 heterocycles. The smallest absolute Gasteiger partial charge is 0.282 e. The molecule has 98 valence electrons. The molecule has 0 saturated carbocycles. The molecule has 0 unspecified atom stereocenters. The minimum absolute atomic E-state index is 0.350. The minimum Gasteiger partial charge on any atom is -0.282 e. The molecule has 0 aromatic heterocycles. The zero-order chi connectivity index (χ0) is 14.0. The Morgan fingerprint density at radius 1 is 1.26 bits per heavy atom. The Kier molecular flexibility index (Phi) is 4.34. The lowest BCUT2D eigenvalue weighted by molar-refractivity contribution is -0.115. The third-order valence-corrected chi connectivity index (χ3v) is 4.07. The van der Waals surface area contributed by atoms with E-state index < -0.39 is 0 Å². The molecule has 3 nitrogen and oxygen atoms in total. The van der Waals surface area contributed by atoms with Gasteiger partial charge in [0.1, 0.15) is 0 Å². The Hall–Kier alpha value is -1.23. The Morgan fingerprint density at radius 3 is 2.58 bits per heavy atom. The van der Waals surface area contributed by atoms with Gasteiger partial charge in [0, 0.05) is 0 Å². The number of rotatable bonds is 2. The van der Waals surface area contributed by atoms with E-state index in [4.69, 9.17) is 23.2 Å². The molecule has 6 heteroatoms. The molecule has 0 bridgehead atoms. The fourth-order valence-corrected chi connectivity index (χ4v) is 2.40. The van der Waals surface area contributed by atoms with E-state index in [1.807, 2.05) is 13.0 Å². The van der Waals surface area contributed by atoms with Gasteiger partial charge in [0.05, 0.1) is 15.0 Å². The summed E-state index contributed by atoms with van der Waals surface area (Å²) in [7, 11) is 0. The first-order valence-electron chi connectivity index (χ1n) is 5.34. The van der Waals surface area contributed by atoms with E-state index in [0.29, 0.717) is 15.0 Å². The van der Waals surface area contributed by atoms with Crippen LogP contribution in [0.3, 0.4) is 0 Å². The quantitative estimate of drug-likeness (QED) is 0.830. The summed E-state index contributed by atoms with van der Waals surface area (Å²) >= 11 is 12.7. The zero-order valence-electron chi connectivity index (χ0n) is 9.87. The predicted molar refractivity (Wildman–Crippen MR) is 79.3 cm³/mol. The fourth-order valence-electron chi connectivity index (χ4n) is 1.47. The van der Waals surface area contributed by atoms with E-state index >= 15 is 0 Å². The molecule has 1 aliphatic heterocycles. The molecule has 0 radical (unpaired) electrons. The average molecular weight is 314 g/mol. The largest absolute Gasteiger partial charge is 0.290 e. The summed E-state index contributed by atoms with van der Waals surface area (Å²) in [4.78, 5) is 22.7. The molecule has 0 aliphatic carbocycles. The second-order valence-electron chi connectivity index (χ2n) is 3.85. The van der Waals surface area contributed by atoms with Crippen molar-refractivity contribution in [2.75, 3.05) is 0 Å². The van der Waals surface area contributed by atoms with Crippen molar-refractivity contribution >= 4 is 51.7 Å². The van der Waals surface area contributed by atoms with Crippen molar-refractivity contribution < 1.29 is 9.59 Å². The van der Waals surface area contributed by atoms with E-state index in [1.165, 1.54) is 0 Å². The summed E-state index contributed by atoms with van der Waals surface area (Å²) in [6.07, 6.45) is 3.38. The number of amides is 2. The third-order valence-electron chi connectivity index (χ3n) is 2.50. The van der Waals surface area contributed by atoms with Gasteiger partial charge < -0.3 is 0 Å². The summed E-state index contributed by atoms with van der Waals surface area (Å²) < 4.78 is 0. The molecule has 1 aromatic rings. The number of imide groups is 1. The maximum atomic E-state index is 11.3. The number of benzene rings is 1. The molecular formula is C13H9Cl2NO2S. The van der Waals surface area contributed by atoms with Gasteiger partial charge in [0.2, 0.25) is 0 Å². The number of nitrogens with one attached hydrogen (secondary N) is 1. The van der Waals surface area contributed by atoms with E-state index in [-0.39, 0.29) is 11.1 Å². The highest BCUT2D eigenvalue weighted by atomic mass is 35.5. The van der Waals surface area contributed by atoms with Gasteiger partial charge in [-0.2, -0.15) is 0 Å². The second kappa shape index (κ2) is 5.82. The van der Waals surface area contributed by atoms with Crippen molar-refractivity contribution in [1.82, 2.24) is 5.32 Å². The van der Waals surface area contributed by atoms with Gasteiger partial charge in [0.25, 0.3) is 11.1 Å². The van der Waals surface area contributed by atoms with Gasteiger partial charge >= 0.3 is 0 Å². The number of thioether (sulfide) groups is 1. The second-order valence-corrected chi connectivity index (χ2v) is 5.68. The lowest BCUT2D eigenvalue weighted by atomic mass is 10.1. The van der Waals surface area contributed by atoms with Crippen molar-refractivity contribution in [2.45, 2.75) is 6.92 Å². The Labute approximate surface area is 124 Å². The lowest BCUT2D eigenvalue weighted by Gasteiger charge is -2.02. The number of hydrogen-bond donors (Lipinski definition) is 1. The highest BCUT2D eigenvalue weighted by molar-refractivity contribution is 8.18. The van der Waals surface area contributed by atoms with Gasteiger partial charge in [-0.25, -0.2) is 0 Å². The van der Waals surface area contributed by atoms with Gasteiger partial charge in [-0.3, -0.25) is 14.9 Å². The standard InChI is InChI=1S/C13H9Cl2NO2S/c1-7(8-3-4-9(14)10(15)6-8)2-5-11-12(17)16-13(18)19-11/h2-6H,1H3,(H,16,17,18)/b7-2-,11-5+. The first-order valence-corrected chi connectivity index (χ1v) is 6.92. The number of allylic oxidation sites excluding steroid dienone is 3. The van der Waals surface area contributed by atoms with Crippen LogP contribution in [0, 0.1) is 0 Å². The van der Waals surface area contributed by atoms with Crippen LogP contribution < -0.4 is 5.32 Å². The van der Waals surface area contributed by atoms with Gasteiger partial charge in [0.15, 0.2) is 0 Å². The summed E-state index contributed by atoms with van der Waals surface area (Å²) in [5.41, 5.74) is 1.82. The predicted octanol–water partition coefficient (Wildman–Crippen LogP) is 4.26. The van der Waals surface area contributed by atoms with E-state index in [0.717, 1.165) is 22.9 Å². The van der Waals surface area contributed by atoms with Crippen LogP contribution in [0.15, 0.2) is 35.3 Å². The van der Waals surface area contributed by atoms with Gasteiger partial charge in [-0.1, -0.05) is 35.3 Å². The van der Waals surface area contributed by atoms with Crippen LogP contribution in [0.5, 0.6) is 0 Å². The lowest BCUT2D eigenvalue weighted by Crippen LogP contribution is -2.17. The van der Waals surface area contributed by atoms with Crippen LogP contribution >= 0.6 is 35.0 Å². The van der Waals surface area contributed by atoms with Crippen molar-refractivity contribution in [2.24, 2.45) is 0 Å². The number of halogens is 2. The maximum absolute atomic E-state index is 11.3. The summed E-state index contributed by atoms with van der Waals surface area (Å²) in [5, 5.41) is 2.81. The molecule has 1 saturated heterocycles. The normalized spacial score (nSPS) is 18.1. The summed E-state index contributed by atoms with van der Waals surface area (Å²) in [6, 6.07) is 5.30. The monoisotopic (exact) mass is 313 g/mol. The van der Waals surface area contributed by atoms with Crippen LogP contribution in [0.1, 0.15) is 12.5 Å². The van der Waals surface area contributed by atoms with Crippen LogP contribution in [-0.2, 0) is 4.79 Å². The van der Waals surface area contributed by atoms with Crippen LogP contribution in [0.4, 0.5) is 4.79 Å². The molecule has 0 spiro atoms. The first kappa shape index (κ1) is 14.2. The third kappa shape index (κ3) is 3.41. The molecular weight excluding hydrogens is 305 g/mol. The molecule has 1 fully saturated rings. The van der Waals surface area contributed by atoms with E-state index in [1.54, 1.807) is 24.3 Å². The SMILES string of the molecule is C/C(=C/C=C1/SC(=O)NC1=O)c1ccc(Cl)c(Cl)c1. The first-order chi connectivity index (χ1) is 8.97. The van der Waals surface area contributed by atoms with Crippen molar-refractivity contribution in [3.63, 3.8) is 0 Å². The molecule has 1 N–H and O–H groups in total. The highest BCUT2D eigenvalue weighted by Gasteiger charge is 2.24. The topological polar surface area (TPSA) is 46.2 Å².